The standard InChI is InChI=1S/C30H27FN2O5/c1-29(16-34)17-38-28-22(29)15-25(33-27(28)18-6-8-21(31)9-7-18)30(2,36)11-10-23(35)20-13-19-5-4-12-32-26(19)24(14-20)37-3/h4-9,12-16,36H,10-11,17H2,1-3H3/t29-,30-/m0/s1. The van der Waals surface area contributed by atoms with Crippen molar-refractivity contribution in [1.82, 2.24) is 9.97 Å². The van der Waals surface area contributed by atoms with Crippen molar-refractivity contribution in [2.75, 3.05) is 13.7 Å². The van der Waals surface area contributed by atoms with Gasteiger partial charge in [-0.1, -0.05) is 6.07 Å². The van der Waals surface area contributed by atoms with Gasteiger partial charge >= 0.3 is 0 Å². The third-order valence-corrected chi connectivity index (χ3v) is 7.08. The summed E-state index contributed by atoms with van der Waals surface area (Å²) >= 11 is 0. The number of methoxy groups -OCH3 is 1. The van der Waals surface area contributed by atoms with E-state index in [4.69, 9.17) is 9.47 Å². The average molecular weight is 515 g/mol. The molecule has 38 heavy (non-hydrogen) atoms. The molecule has 3 heterocycles. The van der Waals surface area contributed by atoms with E-state index in [0.29, 0.717) is 45.1 Å². The summed E-state index contributed by atoms with van der Waals surface area (Å²) in [4.78, 5) is 34.2. The molecule has 0 spiro atoms. The number of rotatable bonds is 8. The maximum absolute atomic E-state index is 13.6. The Morgan fingerprint density at radius 2 is 2.00 bits per heavy atom. The zero-order valence-electron chi connectivity index (χ0n) is 21.3. The number of fused-ring (bicyclic) bond motifs is 2. The van der Waals surface area contributed by atoms with Crippen molar-refractivity contribution in [3.63, 3.8) is 0 Å². The number of ketones is 1. The first kappa shape index (κ1) is 25.5. The molecule has 0 bridgehead atoms. The summed E-state index contributed by atoms with van der Waals surface area (Å²) in [6, 6.07) is 14.5. The molecule has 8 heteroatoms. The second-order valence-corrected chi connectivity index (χ2v) is 10.0. The quantitative estimate of drug-likeness (QED) is 0.256. The van der Waals surface area contributed by atoms with Crippen LogP contribution in [0.4, 0.5) is 4.39 Å². The number of pyridine rings is 2. The molecule has 2 aromatic heterocycles. The van der Waals surface area contributed by atoms with Crippen LogP contribution in [0, 0.1) is 5.82 Å². The highest BCUT2D eigenvalue weighted by Gasteiger charge is 2.40. The molecule has 1 N–H and O–H groups in total. The fraction of sp³-hybridized carbons (Fsp3) is 0.267. The fourth-order valence-corrected chi connectivity index (χ4v) is 4.69. The number of hydrogen-bond donors (Lipinski definition) is 1. The van der Waals surface area contributed by atoms with Crippen LogP contribution in [0.1, 0.15) is 48.3 Å². The molecule has 5 rings (SSSR count). The SMILES string of the molecule is COc1cc(C(=O)CC[C@](C)(O)c2cc3c(c(-c4ccc(F)cc4)n2)OC[C@]3(C)C=O)cc2cccnc12. The number of nitrogens with zero attached hydrogens (tertiary/aromatic N) is 2. The van der Waals surface area contributed by atoms with Crippen LogP contribution in [0.5, 0.6) is 11.5 Å². The van der Waals surface area contributed by atoms with Crippen LogP contribution in [-0.2, 0) is 15.8 Å². The summed E-state index contributed by atoms with van der Waals surface area (Å²) in [5, 5.41) is 12.3. The van der Waals surface area contributed by atoms with Crippen LogP contribution in [-0.4, -0.2) is 40.9 Å². The topological polar surface area (TPSA) is 98.6 Å². The number of Topliss-reactive ketones (excluding diaryl/α,β-unsaturated/α-hetero) is 1. The van der Waals surface area contributed by atoms with Gasteiger partial charge in [-0.3, -0.25) is 9.78 Å². The molecular weight excluding hydrogens is 487 g/mol. The first-order valence-corrected chi connectivity index (χ1v) is 12.2. The number of aromatic nitrogens is 2. The lowest BCUT2D eigenvalue weighted by atomic mass is 9.83. The van der Waals surface area contributed by atoms with Gasteiger partial charge in [0.25, 0.3) is 0 Å². The summed E-state index contributed by atoms with van der Waals surface area (Å²) in [6.07, 6.45) is 2.59. The molecule has 2 atom stereocenters. The maximum atomic E-state index is 13.6. The Morgan fingerprint density at radius 1 is 1.24 bits per heavy atom. The van der Waals surface area contributed by atoms with Gasteiger partial charge in [-0.2, -0.15) is 0 Å². The van der Waals surface area contributed by atoms with Crippen molar-refractivity contribution in [2.24, 2.45) is 0 Å². The number of aldehydes is 1. The van der Waals surface area contributed by atoms with Crippen molar-refractivity contribution in [3.05, 3.63) is 83.4 Å². The molecule has 7 nitrogen and oxygen atoms in total. The molecule has 0 aliphatic carbocycles. The number of aliphatic hydroxyl groups is 1. The van der Waals surface area contributed by atoms with Gasteiger partial charge in [0, 0.05) is 34.7 Å². The first-order chi connectivity index (χ1) is 18.1. The minimum Gasteiger partial charge on any atom is -0.494 e. The molecule has 0 saturated carbocycles. The van der Waals surface area contributed by atoms with Crippen LogP contribution in [0.25, 0.3) is 22.2 Å². The van der Waals surface area contributed by atoms with E-state index < -0.39 is 16.8 Å². The van der Waals surface area contributed by atoms with Crippen LogP contribution in [0.2, 0.25) is 0 Å². The highest BCUT2D eigenvalue weighted by Crippen LogP contribution is 2.45. The lowest BCUT2D eigenvalue weighted by Crippen LogP contribution is -2.28. The highest BCUT2D eigenvalue weighted by atomic mass is 19.1. The van der Waals surface area contributed by atoms with Gasteiger partial charge < -0.3 is 19.4 Å². The van der Waals surface area contributed by atoms with Crippen molar-refractivity contribution < 1.29 is 28.6 Å². The number of benzene rings is 2. The first-order valence-electron chi connectivity index (χ1n) is 12.2. The largest absolute Gasteiger partial charge is 0.494 e. The van der Waals surface area contributed by atoms with E-state index >= 15 is 0 Å². The summed E-state index contributed by atoms with van der Waals surface area (Å²) in [6.45, 7) is 3.47. The highest BCUT2D eigenvalue weighted by molar-refractivity contribution is 6.01. The van der Waals surface area contributed by atoms with E-state index in [0.717, 1.165) is 11.7 Å². The molecule has 4 aromatic rings. The van der Waals surface area contributed by atoms with Crippen LogP contribution < -0.4 is 9.47 Å². The molecule has 2 aromatic carbocycles. The summed E-state index contributed by atoms with van der Waals surface area (Å²) in [5.74, 6) is 0.358. The Bertz CT molecular complexity index is 1550. The number of ether oxygens (including phenoxy) is 2. The van der Waals surface area contributed by atoms with Gasteiger partial charge in [0.15, 0.2) is 5.78 Å². The van der Waals surface area contributed by atoms with Gasteiger partial charge in [-0.05, 0) is 68.8 Å². The summed E-state index contributed by atoms with van der Waals surface area (Å²) in [5.41, 5.74) is 0.559. The van der Waals surface area contributed by atoms with Gasteiger partial charge in [0.2, 0.25) is 0 Å². The van der Waals surface area contributed by atoms with E-state index in [1.54, 1.807) is 56.4 Å². The van der Waals surface area contributed by atoms with Gasteiger partial charge in [0.05, 0.1) is 18.2 Å². The molecule has 0 amide bonds. The van der Waals surface area contributed by atoms with E-state index in [9.17, 15) is 19.1 Å². The van der Waals surface area contributed by atoms with E-state index in [1.807, 2.05) is 6.07 Å². The Labute approximate surface area is 219 Å². The van der Waals surface area contributed by atoms with Crippen molar-refractivity contribution in [1.29, 1.82) is 0 Å². The number of carbonyl (C=O) groups is 2. The number of hydrogen-bond acceptors (Lipinski definition) is 7. The molecule has 194 valence electrons. The molecule has 0 radical (unpaired) electrons. The van der Waals surface area contributed by atoms with Gasteiger partial charge in [0.1, 0.15) is 47.0 Å². The monoisotopic (exact) mass is 514 g/mol. The number of carbonyl (C=O) groups excluding carboxylic acids is 2. The minimum absolute atomic E-state index is 0.0357. The van der Waals surface area contributed by atoms with Gasteiger partial charge in [-0.25, -0.2) is 9.37 Å². The Balaban J connectivity index is 1.48. The zero-order chi connectivity index (χ0) is 27.1. The van der Waals surface area contributed by atoms with Gasteiger partial charge in [-0.15, -0.1) is 0 Å². The van der Waals surface area contributed by atoms with Crippen molar-refractivity contribution in [2.45, 2.75) is 37.7 Å². The van der Waals surface area contributed by atoms with Crippen molar-refractivity contribution in [3.8, 4) is 22.8 Å². The minimum atomic E-state index is -1.51. The van der Waals surface area contributed by atoms with Crippen LogP contribution in [0.15, 0.2) is 60.8 Å². The molecule has 0 saturated heterocycles. The van der Waals surface area contributed by atoms with Crippen LogP contribution >= 0.6 is 0 Å². The molecule has 1 aliphatic heterocycles. The third-order valence-electron chi connectivity index (χ3n) is 7.08. The lowest BCUT2D eigenvalue weighted by molar-refractivity contribution is -0.112. The second-order valence-electron chi connectivity index (χ2n) is 10.0. The Kier molecular flexibility index (Phi) is 6.44. The Hall–Kier alpha value is -4.17. The van der Waals surface area contributed by atoms with E-state index in [1.165, 1.54) is 19.2 Å². The fourth-order valence-electron chi connectivity index (χ4n) is 4.69. The summed E-state index contributed by atoms with van der Waals surface area (Å²) < 4.78 is 24.9. The summed E-state index contributed by atoms with van der Waals surface area (Å²) in [7, 11) is 1.53. The third kappa shape index (κ3) is 4.52. The Morgan fingerprint density at radius 3 is 2.71 bits per heavy atom. The van der Waals surface area contributed by atoms with Crippen LogP contribution in [0.3, 0.4) is 0 Å². The number of halogens is 1. The van der Waals surface area contributed by atoms with Crippen molar-refractivity contribution >= 4 is 23.0 Å². The maximum Gasteiger partial charge on any atom is 0.163 e. The predicted molar refractivity (Wildman–Crippen MR) is 140 cm³/mol. The lowest BCUT2D eigenvalue weighted by Gasteiger charge is -2.25. The van der Waals surface area contributed by atoms with E-state index in [2.05, 4.69) is 9.97 Å². The zero-order valence-corrected chi connectivity index (χ0v) is 21.3. The molecule has 1 aliphatic rings. The van der Waals surface area contributed by atoms with E-state index in [-0.39, 0.29) is 25.2 Å². The average Bonchev–Trinajstić information content (AvgIpc) is 3.28. The smallest absolute Gasteiger partial charge is 0.163 e. The molecular formula is C30H27FN2O5. The second kappa shape index (κ2) is 9.61. The molecule has 0 unspecified atom stereocenters. The predicted octanol–water partition coefficient (Wildman–Crippen LogP) is 5.16. The molecule has 0 fully saturated rings. The normalized spacial score (nSPS) is 17.9.